The van der Waals surface area contributed by atoms with Gasteiger partial charge < -0.3 is 10.5 Å². The van der Waals surface area contributed by atoms with Gasteiger partial charge in [-0.2, -0.15) is 5.10 Å². The van der Waals surface area contributed by atoms with Crippen LogP contribution in [-0.2, 0) is 9.53 Å². The molecule has 0 spiro atoms. The Morgan fingerprint density at radius 2 is 2.21 bits per heavy atom. The van der Waals surface area contributed by atoms with E-state index in [1.807, 2.05) is 0 Å². The van der Waals surface area contributed by atoms with Crippen molar-refractivity contribution < 1.29 is 14.3 Å². The number of hydrogen-bond acceptors (Lipinski definition) is 4. The Kier molecular flexibility index (Phi) is 6.32. The molecular formula is C13H23N3O3. The summed E-state index contributed by atoms with van der Waals surface area (Å²) in [4.78, 5) is 22.2. The minimum absolute atomic E-state index is 0.0411. The number of amides is 2. The summed E-state index contributed by atoms with van der Waals surface area (Å²) < 4.78 is 5.26. The number of primary amides is 1. The number of ether oxygens (including phenoxy) is 1. The minimum atomic E-state index is -0.722. The van der Waals surface area contributed by atoms with Gasteiger partial charge in [0.05, 0.1) is 11.6 Å². The van der Waals surface area contributed by atoms with E-state index >= 15 is 0 Å². The third-order valence-corrected chi connectivity index (χ3v) is 3.30. The van der Waals surface area contributed by atoms with Crippen LogP contribution in [0.3, 0.4) is 0 Å². The molecule has 0 aromatic carbocycles. The molecule has 1 aliphatic rings. The maximum Gasteiger partial charge on any atom is 0.332 e. The van der Waals surface area contributed by atoms with Crippen LogP contribution in [0.25, 0.3) is 0 Å². The van der Waals surface area contributed by atoms with E-state index in [-0.39, 0.29) is 18.0 Å². The summed E-state index contributed by atoms with van der Waals surface area (Å²) in [6.07, 6.45) is 5.76. The SMILES string of the molecule is CCCCCC[C@H]1C[C@@H](C(C)=NNC(N)=O)OC1=O. The zero-order valence-corrected chi connectivity index (χ0v) is 11.6. The largest absolute Gasteiger partial charge is 0.456 e. The molecular weight excluding hydrogens is 246 g/mol. The molecule has 108 valence electrons. The molecule has 1 rings (SSSR count). The highest BCUT2D eigenvalue weighted by atomic mass is 16.6. The standard InChI is InChI=1S/C13H23N3O3/c1-3-4-5-6-7-10-8-11(19-12(10)17)9(2)15-16-13(14)18/h10-11H,3-8H2,1-2H3,(H3,14,16,18)/t10-,11-/m0/s1. The van der Waals surface area contributed by atoms with E-state index in [0.29, 0.717) is 12.1 Å². The fourth-order valence-corrected chi connectivity index (χ4v) is 2.16. The zero-order chi connectivity index (χ0) is 14.3. The van der Waals surface area contributed by atoms with Gasteiger partial charge in [-0.1, -0.05) is 32.6 Å². The third kappa shape index (κ3) is 5.28. The lowest BCUT2D eigenvalue weighted by Gasteiger charge is -2.07. The molecule has 6 nitrogen and oxygen atoms in total. The highest BCUT2D eigenvalue weighted by molar-refractivity contribution is 5.91. The van der Waals surface area contributed by atoms with Crippen LogP contribution < -0.4 is 11.2 Å². The molecule has 2 amide bonds. The van der Waals surface area contributed by atoms with E-state index < -0.39 is 6.03 Å². The molecule has 0 aromatic heterocycles. The highest BCUT2D eigenvalue weighted by Gasteiger charge is 2.35. The van der Waals surface area contributed by atoms with E-state index in [2.05, 4.69) is 17.5 Å². The number of nitrogens with one attached hydrogen (secondary N) is 1. The van der Waals surface area contributed by atoms with Crippen molar-refractivity contribution in [2.24, 2.45) is 16.8 Å². The fourth-order valence-electron chi connectivity index (χ4n) is 2.16. The predicted octanol–water partition coefficient (Wildman–Crippen LogP) is 1.93. The Bertz CT molecular complexity index is 355. The van der Waals surface area contributed by atoms with Gasteiger partial charge in [-0.15, -0.1) is 0 Å². The van der Waals surface area contributed by atoms with E-state index in [1.54, 1.807) is 6.92 Å². The van der Waals surface area contributed by atoms with Gasteiger partial charge >= 0.3 is 12.0 Å². The van der Waals surface area contributed by atoms with Crippen molar-refractivity contribution in [2.45, 2.75) is 58.5 Å². The second-order valence-electron chi connectivity index (χ2n) is 4.94. The fraction of sp³-hybridized carbons (Fsp3) is 0.769. The van der Waals surface area contributed by atoms with Gasteiger partial charge in [0.1, 0.15) is 6.10 Å². The summed E-state index contributed by atoms with van der Waals surface area (Å²) in [5.74, 6) is -0.198. The monoisotopic (exact) mass is 269 g/mol. The molecule has 0 unspecified atom stereocenters. The number of hydrogen-bond donors (Lipinski definition) is 2. The number of cyclic esters (lactones) is 1. The summed E-state index contributed by atoms with van der Waals surface area (Å²) in [5.41, 5.74) is 7.64. The number of hydrazone groups is 1. The second kappa shape index (κ2) is 7.76. The average molecular weight is 269 g/mol. The van der Waals surface area contributed by atoms with E-state index in [1.165, 1.54) is 12.8 Å². The molecule has 1 fully saturated rings. The lowest BCUT2D eigenvalue weighted by atomic mass is 9.96. The van der Waals surface area contributed by atoms with Crippen molar-refractivity contribution in [3.63, 3.8) is 0 Å². The summed E-state index contributed by atoms with van der Waals surface area (Å²) in [6, 6.07) is -0.722. The number of urea groups is 1. The van der Waals surface area contributed by atoms with Crippen LogP contribution in [0.15, 0.2) is 5.10 Å². The van der Waals surface area contributed by atoms with Crippen LogP contribution >= 0.6 is 0 Å². The maximum absolute atomic E-state index is 11.7. The topological polar surface area (TPSA) is 93.8 Å². The number of carbonyl (C=O) groups excluding carboxylic acids is 2. The highest BCUT2D eigenvalue weighted by Crippen LogP contribution is 2.27. The molecule has 0 saturated carbocycles. The van der Waals surface area contributed by atoms with Crippen LogP contribution in [0.5, 0.6) is 0 Å². The van der Waals surface area contributed by atoms with Gasteiger partial charge in [0.25, 0.3) is 0 Å². The lowest BCUT2D eigenvalue weighted by molar-refractivity contribution is -0.142. The third-order valence-electron chi connectivity index (χ3n) is 3.30. The number of esters is 1. The summed E-state index contributed by atoms with van der Waals surface area (Å²) in [6.45, 7) is 3.87. The minimum Gasteiger partial charge on any atom is -0.456 e. The van der Waals surface area contributed by atoms with Crippen molar-refractivity contribution in [2.75, 3.05) is 0 Å². The van der Waals surface area contributed by atoms with Crippen molar-refractivity contribution in [3.8, 4) is 0 Å². The Morgan fingerprint density at radius 1 is 1.47 bits per heavy atom. The van der Waals surface area contributed by atoms with Gasteiger partial charge in [0, 0.05) is 6.42 Å². The molecule has 19 heavy (non-hydrogen) atoms. The number of nitrogens with two attached hydrogens (primary N) is 1. The molecule has 1 saturated heterocycles. The van der Waals surface area contributed by atoms with Gasteiger partial charge in [0.15, 0.2) is 0 Å². The van der Waals surface area contributed by atoms with Crippen molar-refractivity contribution in [1.29, 1.82) is 0 Å². The first-order valence-electron chi connectivity index (χ1n) is 6.84. The second-order valence-corrected chi connectivity index (χ2v) is 4.94. The Balaban J connectivity index is 2.39. The van der Waals surface area contributed by atoms with Crippen molar-refractivity contribution in [3.05, 3.63) is 0 Å². The molecule has 0 aromatic rings. The maximum atomic E-state index is 11.7. The normalized spacial score (nSPS) is 23.3. The number of nitrogens with zero attached hydrogens (tertiary/aromatic N) is 1. The van der Waals surface area contributed by atoms with Gasteiger partial charge in [-0.3, -0.25) is 4.79 Å². The van der Waals surface area contributed by atoms with Crippen molar-refractivity contribution in [1.82, 2.24) is 5.43 Å². The zero-order valence-electron chi connectivity index (χ0n) is 11.6. The molecule has 0 bridgehead atoms. The van der Waals surface area contributed by atoms with E-state index in [0.717, 1.165) is 19.3 Å². The first kappa shape index (κ1) is 15.5. The Labute approximate surface area is 113 Å². The van der Waals surface area contributed by atoms with Crippen LogP contribution in [0, 0.1) is 5.92 Å². The first-order chi connectivity index (χ1) is 9.04. The molecule has 3 N–H and O–H groups in total. The number of unbranched alkanes of at least 4 members (excludes halogenated alkanes) is 3. The smallest absolute Gasteiger partial charge is 0.332 e. The lowest BCUT2D eigenvalue weighted by Crippen LogP contribution is -2.28. The number of rotatable bonds is 7. The van der Waals surface area contributed by atoms with Crippen LogP contribution in [-0.4, -0.2) is 23.8 Å². The quantitative estimate of drug-likeness (QED) is 0.320. The predicted molar refractivity (Wildman–Crippen MR) is 72.6 cm³/mol. The Morgan fingerprint density at radius 3 is 2.84 bits per heavy atom. The number of carbonyl (C=O) groups is 2. The average Bonchev–Trinajstić information content (AvgIpc) is 2.73. The van der Waals surface area contributed by atoms with E-state index in [4.69, 9.17) is 10.5 Å². The molecule has 0 radical (unpaired) electrons. The molecule has 0 aliphatic carbocycles. The summed E-state index contributed by atoms with van der Waals surface area (Å²) in [5, 5.41) is 3.80. The Hall–Kier alpha value is -1.59. The van der Waals surface area contributed by atoms with Crippen LogP contribution in [0.2, 0.25) is 0 Å². The molecule has 2 atom stereocenters. The van der Waals surface area contributed by atoms with Gasteiger partial charge in [0.2, 0.25) is 0 Å². The van der Waals surface area contributed by atoms with E-state index in [9.17, 15) is 9.59 Å². The summed E-state index contributed by atoms with van der Waals surface area (Å²) >= 11 is 0. The summed E-state index contributed by atoms with van der Waals surface area (Å²) in [7, 11) is 0. The van der Waals surface area contributed by atoms with Crippen LogP contribution in [0.1, 0.15) is 52.4 Å². The van der Waals surface area contributed by atoms with Gasteiger partial charge in [-0.05, 0) is 13.3 Å². The van der Waals surface area contributed by atoms with Crippen LogP contribution in [0.4, 0.5) is 4.79 Å². The van der Waals surface area contributed by atoms with Gasteiger partial charge in [-0.25, -0.2) is 10.2 Å². The van der Waals surface area contributed by atoms with Crippen molar-refractivity contribution >= 4 is 17.7 Å². The first-order valence-corrected chi connectivity index (χ1v) is 6.84. The molecule has 6 heteroatoms. The molecule has 1 heterocycles. The molecule has 1 aliphatic heterocycles.